The van der Waals surface area contributed by atoms with Crippen molar-refractivity contribution in [2.75, 3.05) is 13.1 Å². The number of carbonyl (C=O) groups excluding carboxylic acids is 1. The maximum absolute atomic E-state index is 12.4. The molecular formula is C19H27Cl2NOS. The molecule has 5 heteroatoms. The van der Waals surface area contributed by atoms with Crippen LogP contribution in [0.2, 0.25) is 10.0 Å². The molecule has 0 aliphatic rings. The molecule has 0 aromatic heterocycles. The van der Waals surface area contributed by atoms with Crippen LogP contribution < -0.4 is 0 Å². The van der Waals surface area contributed by atoms with Gasteiger partial charge in [-0.1, -0.05) is 61.1 Å². The molecule has 0 heterocycles. The number of hydrogen-bond acceptors (Lipinski definition) is 2. The summed E-state index contributed by atoms with van der Waals surface area (Å²) in [5.41, 5.74) is 0. The van der Waals surface area contributed by atoms with E-state index in [0.717, 1.165) is 35.7 Å². The summed E-state index contributed by atoms with van der Waals surface area (Å²) in [6.07, 6.45) is 7.33. The maximum atomic E-state index is 12.4. The maximum Gasteiger partial charge on any atom is 0.247 e. The van der Waals surface area contributed by atoms with Gasteiger partial charge in [0.2, 0.25) is 5.91 Å². The van der Waals surface area contributed by atoms with E-state index in [1.54, 1.807) is 30.0 Å². The molecule has 0 saturated heterocycles. The zero-order valence-electron chi connectivity index (χ0n) is 14.8. The first-order chi connectivity index (χ1) is 11.5. The molecule has 0 bridgehead atoms. The molecule has 0 atom stereocenters. The summed E-state index contributed by atoms with van der Waals surface area (Å²) in [6.45, 7) is 7.63. The zero-order valence-corrected chi connectivity index (χ0v) is 17.1. The normalized spacial score (nSPS) is 11.6. The van der Waals surface area contributed by atoms with Crippen LogP contribution in [-0.2, 0) is 4.79 Å². The zero-order chi connectivity index (χ0) is 17.9. The lowest BCUT2D eigenvalue weighted by molar-refractivity contribution is -0.125. The Morgan fingerprint density at radius 3 is 2.46 bits per heavy atom. The lowest BCUT2D eigenvalue weighted by Gasteiger charge is -2.17. The van der Waals surface area contributed by atoms with Gasteiger partial charge >= 0.3 is 0 Å². The predicted octanol–water partition coefficient (Wildman–Crippen LogP) is 6.81. The van der Waals surface area contributed by atoms with Crippen molar-refractivity contribution in [2.45, 2.75) is 57.8 Å². The highest BCUT2D eigenvalue weighted by molar-refractivity contribution is 8.03. The van der Waals surface area contributed by atoms with Crippen LogP contribution >= 0.6 is 35.0 Å². The first-order valence-electron chi connectivity index (χ1n) is 8.64. The molecule has 0 radical (unpaired) electrons. The number of unbranched alkanes of at least 4 members (excludes halogenated alkanes) is 3. The Kier molecular flexibility index (Phi) is 10.6. The Balaban J connectivity index is 2.91. The van der Waals surface area contributed by atoms with Crippen molar-refractivity contribution in [1.82, 2.24) is 4.90 Å². The van der Waals surface area contributed by atoms with Crippen LogP contribution in [0.5, 0.6) is 0 Å². The average Bonchev–Trinajstić information content (AvgIpc) is 2.56. The van der Waals surface area contributed by atoms with E-state index in [-0.39, 0.29) is 5.91 Å². The van der Waals surface area contributed by atoms with Gasteiger partial charge in [0.15, 0.2) is 0 Å². The van der Waals surface area contributed by atoms with Gasteiger partial charge in [0.25, 0.3) is 0 Å². The summed E-state index contributed by atoms with van der Waals surface area (Å²) in [4.78, 5) is 16.2. The van der Waals surface area contributed by atoms with Crippen molar-refractivity contribution in [3.8, 4) is 0 Å². The van der Waals surface area contributed by atoms with E-state index in [1.165, 1.54) is 19.3 Å². The summed E-state index contributed by atoms with van der Waals surface area (Å²) in [6, 6.07) is 5.43. The number of allylic oxidation sites excluding steroid dienone is 1. The molecule has 134 valence electrons. The van der Waals surface area contributed by atoms with Crippen molar-refractivity contribution >= 4 is 40.9 Å². The summed E-state index contributed by atoms with van der Waals surface area (Å²) < 4.78 is 0. The van der Waals surface area contributed by atoms with E-state index < -0.39 is 0 Å². The van der Waals surface area contributed by atoms with Crippen LogP contribution in [0.1, 0.15) is 52.9 Å². The SMILES string of the molecule is CCCCCC/C(=C\C(=O)N(CC)CC)Sc1cc(Cl)ccc1Cl. The average molecular weight is 388 g/mol. The molecule has 0 unspecified atom stereocenters. The topological polar surface area (TPSA) is 20.3 Å². The second-order valence-electron chi connectivity index (χ2n) is 5.61. The number of carbonyl (C=O) groups is 1. The van der Waals surface area contributed by atoms with Crippen molar-refractivity contribution in [1.29, 1.82) is 0 Å². The largest absolute Gasteiger partial charge is 0.340 e. The number of hydrogen-bond donors (Lipinski definition) is 0. The third-order valence-corrected chi connectivity index (χ3v) is 5.59. The van der Waals surface area contributed by atoms with Gasteiger partial charge in [-0.25, -0.2) is 0 Å². The summed E-state index contributed by atoms with van der Waals surface area (Å²) in [5, 5.41) is 1.32. The Bertz CT molecular complexity index is 556. The van der Waals surface area contributed by atoms with Crippen LogP contribution in [0, 0.1) is 0 Å². The molecular weight excluding hydrogens is 361 g/mol. The van der Waals surface area contributed by atoms with Gasteiger partial charge in [-0.05, 0) is 49.8 Å². The highest BCUT2D eigenvalue weighted by Crippen LogP contribution is 2.36. The smallest absolute Gasteiger partial charge is 0.247 e. The van der Waals surface area contributed by atoms with Crippen LogP contribution in [0.3, 0.4) is 0 Å². The van der Waals surface area contributed by atoms with Crippen LogP contribution in [0.4, 0.5) is 0 Å². The second kappa shape index (κ2) is 11.8. The van der Waals surface area contributed by atoms with Crippen LogP contribution in [-0.4, -0.2) is 23.9 Å². The van der Waals surface area contributed by atoms with Crippen LogP contribution in [0.25, 0.3) is 0 Å². The first-order valence-corrected chi connectivity index (χ1v) is 10.2. The third-order valence-electron chi connectivity index (χ3n) is 3.77. The molecule has 24 heavy (non-hydrogen) atoms. The first kappa shape index (κ1) is 21.4. The van der Waals surface area contributed by atoms with Gasteiger partial charge in [0, 0.05) is 29.1 Å². The van der Waals surface area contributed by atoms with Crippen molar-refractivity contribution < 1.29 is 4.79 Å². The molecule has 0 N–H and O–H groups in total. The summed E-state index contributed by atoms with van der Waals surface area (Å²) >= 11 is 13.9. The molecule has 0 spiro atoms. The minimum Gasteiger partial charge on any atom is -0.340 e. The van der Waals surface area contributed by atoms with Crippen molar-refractivity contribution in [3.63, 3.8) is 0 Å². The highest BCUT2D eigenvalue weighted by Gasteiger charge is 2.11. The molecule has 1 aromatic carbocycles. The Labute approximate surface area is 160 Å². The fourth-order valence-electron chi connectivity index (χ4n) is 2.34. The lowest BCUT2D eigenvalue weighted by atomic mass is 10.1. The van der Waals surface area contributed by atoms with E-state index in [1.807, 2.05) is 24.8 Å². The van der Waals surface area contributed by atoms with Gasteiger partial charge in [0.05, 0.1) is 5.02 Å². The third kappa shape index (κ3) is 7.50. The molecule has 2 nitrogen and oxygen atoms in total. The quantitative estimate of drug-likeness (QED) is 0.249. The fraction of sp³-hybridized carbons (Fsp3) is 0.526. The summed E-state index contributed by atoms with van der Waals surface area (Å²) in [7, 11) is 0. The number of thioether (sulfide) groups is 1. The molecule has 1 amide bonds. The number of benzene rings is 1. The predicted molar refractivity (Wildman–Crippen MR) is 107 cm³/mol. The molecule has 0 aliphatic heterocycles. The fourth-order valence-corrected chi connectivity index (χ4v) is 3.85. The van der Waals surface area contributed by atoms with E-state index in [9.17, 15) is 4.79 Å². The van der Waals surface area contributed by atoms with Crippen LogP contribution in [0.15, 0.2) is 34.1 Å². The van der Waals surface area contributed by atoms with E-state index in [0.29, 0.717) is 10.0 Å². The van der Waals surface area contributed by atoms with Gasteiger partial charge < -0.3 is 4.90 Å². The summed E-state index contributed by atoms with van der Waals surface area (Å²) in [5.74, 6) is 0.0659. The molecule has 0 aliphatic carbocycles. The Morgan fingerprint density at radius 2 is 1.83 bits per heavy atom. The van der Waals surface area contributed by atoms with Gasteiger partial charge in [0.1, 0.15) is 0 Å². The minimum absolute atomic E-state index is 0.0659. The van der Waals surface area contributed by atoms with Crippen molar-refractivity contribution in [3.05, 3.63) is 39.2 Å². The number of halogens is 2. The number of likely N-dealkylation sites (N-methyl/N-ethyl adjacent to an activating group) is 1. The van der Waals surface area contributed by atoms with Gasteiger partial charge in [-0.15, -0.1) is 0 Å². The standard InChI is InChI=1S/C19H27Cl2NOS/c1-4-7-8-9-10-16(14-19(23)22(5-2)6-3)24-18-13-15(20)11-12-17(18)21/h11-14H,4-10H2,1-3H3/b16-14+. The Morgan fingerprint density at radius 1 is 1.12 bits per heavy atom. The number of amides is 1. The van der Waals surface area contributed by atoms with E-state index in [2.05, 4.69) is 6.92 Å². The number of rotatable bonds is 10. The lowest BCUT2D eigenvalue weighted by Crippen LogP contribution is -2.28. The molecule has 1 aromatic rings. The van der Waals surface area contributed by atoms with Crippen molar-refractivity contribution in [2.24, 2.45) is 0 Å². The number of nitrogens with zero attached hydrogens (tertiary/aromatic N) is 1. The second-order valence-corrected chi connectivity index (χ2v) is 7.62. The minimum atomic E-state index is 0.0659. The van der Waals surface area contributed by atoms with E-state index in [4.69, 9.17) is 23.2 Å². The monoisotopic (exact) mass is 387 g/mol. The molecule has 1 rings (SSSR count). The van der Waals surface area contributed by atoms with Gasteiger partial charge in [-0.3, -0.25) is 4.79 Å². The molecule has 0 fully saturated rings. The van der Waals surface area contributed by atoms with E-state index >= 15 is 0 Å². The van der Waals surface area contributed by atoms with Gasteiger partial charge in [-0.2, -0.15) is 0 Å². The molecule has 0 saturated carbocycles. The highest BCUT2D eigenvalue weighted by atomic mass is 35.5. The Hall–Kier alpha value is -0.640.